The smallest absolute Gasteiger partial charge is 0.381 e. The summed E-state index contributed by atoms with van der Waals surface area (Å²) in [6.07, 6.45) is -0.833. The predicted molar refractivity (Wildman–Crippen MR) is 118 cm³/mol. The van der Waals surface area contributed by atoms with Gasteiger partial charge in [-0.05, 0) is 31.0 Å². The second-order valence-electron chi connectivity index (χ2n) is 8.47. The van der Waals surface area contributed by atoms with Crippen molar-refractivity contribution in [1.82, 2.24) is 24.3 Å². The van der Waals surface area contributed by atoms with Crippen LogP contribution < -0.4 is 10.5 Å². The second kappa shape index (κ2) is 8.28. The lowest BCUT2D eigenvalue weighted by Gasteiger charge is -2.39. The molecule has 2 bridgehead atoms. The lowest BCUT2D eigenvalue weighted by molar-refractivity contribution is -0.156. The topological polar surface area (TPSA) is 137 Å². The molecule has 3 saturated carbocycles. The van der Waals surface area contributed by atoms with Gasteiger partial charge in [0.15, 0.2) is 11.5 Å². The number of nitrogens with zero attached hydrogens (tertiary/aromatic N) is 5. The molecule has 1 aromatic carbocycles. The summed E-state index contributed by atoms with van der Waals surface area (Å²) in [7, 11) is -3.96. The van der Waals surface area contributed by atoms with E-state index in [-0.39, 0.29) is 33.2 Å². The summed E-state index contributed by atoms with van der Waals surface area (Å²) in [6, 6.07) is 3.89. The normalized spacial score (nSPS) is 24.8. The number of nitrogens with one attached hydrogen (secondary N) is 1. The van der Waals surface area contributed by atoms with Crippen molar-refractivity contribution in [2.45, 2.75) is 54.7 Å². The number of aryl methyl sites for hydroxylation is 1. The molecule has 0 radical (unpaired) electrons. The number of halogens is 3. The maximum atomic E-state index is 13.2. The van der Waals surface area contributed by atoms with E-state index in [1.165, 1.54) is 35.2 Å². The third-order valence-electron chi connectivity index (χ3n) is 6.03. The summed E-state index contributed by atoms with van der Waals surface area (Å²) < 4.78 is 85.5. The average molecular weight is 511 g/mol. The highest BCUT2D eigenvalue weighted by Crippen LogP contribution is 2.57. The van der Waals surface area contributed by atoms with Crippen molar-refractivity contribution in [3.63, 3.8) is 0 Å². The highest BCUT2D eigenvalue weighted by molar-refractivity contribution is 7.89. The molecule has 3 aromatic rings. The number of fused-ring (bicyclic) bond motifs is 2. The van der Waals surface area contributed by atoms with E-state index in [4.69, 9.17) is 21.2 Å². The van der Waals surface area contributed by atoms with Crippen LogP contribution in [0.1, 0.15) is 35.4 Å². The Kier molecular flexibility index (Phi) is 4.91. The monoisotopic (exact) mass is 510 g/mol. The number of hydrogen-bond acceptors (Lipinski definition) is 7. The molecule has 2 heterocycles. The molecule has 0 spiro atoms. The van der Waals surface area contributed by atoms with Gasteiger partial charge in [-0.3, -0.25) is 4.79 Å². The summed E-state index contributed by atoms with van der Waals surface area (Å²) in [4.78, 5) is 20.3. The molecule has 3 aliphatic carbocycles. The fraction of sp³-hybridized carbons (Fsp3) is 0.381. The van der Waals surface area contributed by atoms with Crippen molar-refractivity contribution in [1.29, 1.82) is 0 Å². The molecule has 0 atom stereocenters. The molecule has 0 aliphatic heterocycles. The molecule has 3 fully saturated rings. The van der Waals surface area contributed by atoms with Crippen LogP contribution in [0.15, 0.2) is 35.6 Å². The molecule has 2 aromatic heterocycles. The van der Waals surface area contributed by atoms with Gasteiger partial charge in [0, 0.05) is 34.5 Å². The van der Waals surface area contributed by atoms with Gasteiger partial charge in [0.25, 0.3) is 0 Å². The fourth-order valence-electron chi connectivity index (χ4n) is 4.56. The Morgan fingerprint density at radius 2 is 2.03 bits per heavy atom. The Balaban J connectivity index is 0.000000505. The van der Waals surface area contributed by atoms with E-state index >= 15 is 0 Å². The van der Waals surface area contributed by atoms with Crippen molar-refractivity contribution >= 4 is 27.8 Å². The predicted octanol–water partition coefficient (Wildman–Crippen LogP) is 2.69. The van der Waals surface area contributed by atoms with E-state index in [2.05, 4.69) is 24.6 Å². The zero-order valence-electron chi connectivity index (χ0n) is 20.9. The summed E-state index contributed by atoms with van der Waals surface area (Å²) in [5, 5.41) is 4.10. The lowest BCUT2D eigenvalue weighted by Crippen LogP contribution is -2.57. The van der Waals surface area contributed by atoms with Crippen LogP contribution in [0.4, 0.5) is 19.0 Å². The number of nitrogen functional groups attached to an aromatic ring is 1. The third-order valence-corrected chi connectivity index (χ3v) is 7.61. The molecule has 184 valence electrons. The third kappa shape index (κ3) is 4.56. The van der Waals surface area contributed by atoms with E-state index in [1.54, 1.807) is 0 Å². The molecule has 10 nitrogen and oxygen atoms in total. The van der Waals surface area contributed by atoms with Gasteiger partial charge in [0.05, 0.1) is 16.8 Å². The number of sulfonamides is 1. The zero-order chi connectivity index (χ0) is 28.1. The van der Waals surface area contributed by atoms with Gasteiger partial charge >= 0.3 is 6.18 Å². The summed E-state index contributed by atoms with van der Waals surface area (Å²) >= 11 is 0. The molecule has 3 N–H and O–H groups in total. The molecule has 0 amide bonds. The van der Waals surface area contributed by atoms with E-state index in [9.17, 15) is 21.6 Å². The van der Waals surface area contributed by atoms with Crippen molar-refractivity contribution < 1.29 is 30.5 Å². The van der Waals surface area contributed by atoms with Crippen LogP contribution in [-0.2, 0) is 14.8 Å². The minimum Gasteiger partial charge on any atom is -0.381 e. The fourth-order valence-corrected chi connectivity index (χ4v) is 6.01. The number of aldehydes is 1. The Hall–Kier alpha value is -3.57. The number of imidazole rings is 1. The molecule has 0 unspecified atom stereocenters. The average Bonchev–Trinajstić information content (AvgIpc) is 3.50. The second-order valence-corrected chi connectivity index (χ2v) is 10.1. The Bertz CT molecular complexity index is 1560. The number of rotatable bonds is 4. The van der Waals surface area contributed by atoms with Crippen LogP contribution in [-0.4, -0.2) is 51.5 Å². The molecule has 0 saturated heterocycles. The molecule has 14 heteroatoms. The van der Waals surface area contributed by atoms with E-state index < -0.39 is 40.4 Å². The minimum atomic E-state index is -4.64. The number of hydrogen-bond donors (Lipinski definition) is 2. The molecule has 35 heavy (non-hydrogen) atoms. The van der Waals surface area contributed by atoms with Crippen LogP contribution in [0.2, 0.25) is 0 Å². The number of carbonyl (C=O) groups excluding carboxylic acids is 1. The van der Waals surface area contributed by atoms with Gasteiger partial charge in [0.2, 0.25) is 21.8 Å². The number of benzene rings is 1. The summed E-state index contributed by atoms with van der Waals surface area (Å²) in [5.41, 5.74) is 5.41. The van der Waals surface area contributed by atoms with Crippen molar-refractivity contribution in [2.75, 3.05) is 5.73 Å². The van der Waals surface area contributed by atoms with E-state index in [0.717, 1.165) is 0 Å². The van der Waals surface area contributed by atoms with Gasteiger partial charge in [0.1, 0.15) is 6.33 Å². The van der Waals surface area contributed by atoms with Crippen molar-refractivity contribution in [3.05, 3.63) is 47.7 Å². The first kappa shape index (κ1) is 20.8. The van der Waals surface area contributed by atoms with Gasteiger partial charge in [-0.1, -0.05) is 6.07 Å². The van der Waals surface area contributed by atoms with Gasteiger partial charge in [-0.15, -0.1) is 0 Å². The Labute approximate surface area is 202 Å². The van der Waals surface area contributed by atoms with Crippen molar-refractivity contribution in [2.24, 2.45) is 0 Å². The summed E-state index contributed by atoms with van der Waals surface area (Å²) in [6.45, 7) is 4.86. The molecule has 6 rings (SSSR count). The number of nitrogens with two attached hydrogens (primary N) is 1. The zero-order valence-corrected chi connectivity index (χ0v) is 18.7. The van der Waals surface area contributed by atoms with E-state index in [0.29, 0.717) is 25.7 Å². The molecule has 3 aliphatic rings. The Morgan fingerprint density at radius 1 is 1.31 bits per heavy atom. The number of anilines is 1. The van der Waals surface area contributed by atoms with Gasteiger partial charge in [-0.2, -0.15) is 18.3 Å². The maximum absolute atomic E-state index is 13.2. The van der Waals surface area contributed by atoms with Crippen LogP contribution >= 0.6 is 0 Å². The summed E-state index contributed by atoms with van der Waals surface area (Å²) in [5.74, 6) is 0.112. The first-order valence-corrected chi connectivity index (χ1v) is 11.6. The number of aromatic nitrogens is 4. The highest BCUT2D eigenvalue weighted by atomic mass is 32.2. The van der Waals surface area contributed by atoms with E-state index in [1.807, 2.05) is 0 Å². The molecular weight excluding hydrogens is 487 g/mol. The highest BCUT2D eigenvalue weighted by Gasteiger charge is 2.67. The van der Waals surface area contributed by atoms with Crippen LogP contribution in [0.3, 0.4) is 0 Å². The molecular formula is C21H20F3N7O3S. The van der Waals surface area contributed by atoms with Gasteiger partial charge < -0.3 is 10.6 Å². The Morgan fingerprint density at radius 3 is 2.63 bits per heavy atom. The van der Waals surface area contributed by atoms with Crippen LogP contribution in [0.5, 0.6) is 0 Å². The van der Waals surface area contributed by atoms with Crippen molar-refractivity contribution in [3.8, 4) is 11.3 Å². The van der Waals surface area contributed by atoms with Gasteiger partial charge in [-0.25, -0.2) is 34.2 Å². The lowest BCUT2D eigenvalue weighted by atomic mass is 9.72. The van der Waals surface area contributed by atoms with Crippen LogP contribution in [0, 0.1) is 13.4 Å². The SMILES string of the molecule is O=CC(F)(F)F.[2H]C([2H])([2H])c1ccc(S(=O)(=O)NC23CCC([N+]#[C-])(C2)C3)cc1-c1cnc2c(N)ncnn12. The number of carbonyl (C=O) groups is 1. The first-order chi connectivity index (χ1) is 17.5. The maximum Gasteiger partial charge on any atom is 0.446 e. The standard InChI is InChI=1S/C19H19N7O2S.C2HF3O/c1-12-3-4-13(29(27,28)25-19-6-5-18(9-19,10-19)21-2)7-14(12)15-8-22-17-16(20)23-11-24-26(15)17;3-2(4,5)1-6/h3-4,7-8,11,25H,5-6,9-10H2,1H3,(H2,20,23,24);1H/i1D3;. The minimum absolute atomic E-state index is 0.0369. The largest absolute Gasteiger partial charge is 0.446 e. The number of alkyl halides is 3. The van der Waals surface area contributed by atoms with Crippen LogP contribution in [0.25, 0.3) is 21.7 Å². The quantitative estimate of drug-likeness (QED) is 0.407. The first-order valence-electron chi connectivity index (χ1n) is 11.6.